The van der Waals surface area contributed by atoms with E-state index in [1.165, 1.54) is 0 Å². The first kappa shape index (κ1) is 15.0. The average molecular weight is 314 g/mol. The van der Waals surface area contributed by atoms with Crippen molar-refractivity contribution in [2.75, 3.05) is 11.9 Å². The topological polar surface area (TPSA) is 64.1 Å². The lowest BCUT2D eigenvalue weighted by Gasteiger charge is -2.19. The lowest BCUT2D eigenvalue weighted by Crippen LogP contribution is -2.25. The lowest BCUT2D eigenvalue weighted by atomic mass is 10.2. The molecule has 1 heterocycles. The van der Waals surface area contributed by atoms with Crippen LogP contribution in [0, 0.1) is 0 Å². The molecule has 0 saturated heterocycles. The van der Waals surface area contributed by atoms with Crippen LogP contribution >= 0.6 is 23.3 Å². The number of anilines is 1. The van der Waals surface area contributed by atoms with E-state index in [1.54, 1.807) is 6.07 Å². The van der Waals surface area contributed by atoms with Gasteiger partial charge in [-0.15, -0.1) is 0 Å². The summed E-state index contributed by atoms with van der Waals surface area (Å²) in [4.78, 5) is 11.6. The number of halogens is 1. The number of ether oxygens (including phenoxy) is 1. The number of rotatable bonds is 4. The normalized spacial score (nSPS) is 11.6. The molecule has 1 aromatic heterocycles. The Bertz CT molecular complexity index is 622. The summed E-state index contributed by atoms with van der Waals surface area (Å²) in [5.74, 6) is -0.246. The Kier molecular flexibility index (Phi) is 4.45. The van der Waals surface area contributed by atoms with Gasteiger partial charge in [-0.25, -0.2) is 0 Å². The Hall–Kier alpha value is -1.40. The van der Waals surface area contributed by atoms with Crippen molar-refractivity contribution in [1.29, 1.82) is 0 Å². The average Bonchev–Trinajstić information content (AvgIpc) is 2.78. The minimum atomic E-state index is -0.465. The van der Waals surface area contributed by atoms with Gasteiger partial charge in [-0.05, 0) is 32.9 Å². The van der Waals surface area contributed by atoms with Crippen LogP contribution in [-0.4, -0.2) is 26.9 Å². The van der Waals surface area contributed by atoms with Crippen molar-refractivity contribution in [3.8, 4) is 0 Å². The molecule has 2 aromatic rings. The maximum Gasteiger partial charge on any atom is 0.308 e. The van der Waals surface area contributed by atoms with Crippen LogP contribution in [0.4, 0.5) is 5.69 Å². The summed E-state index contributed by atoms with van der Waals surface area (Å²) in [6.45, 7) is 5.97. The second kappa shape index (κ2) is 5.93. The van der Waals surface area contributed by atoms with Crippen molar-refractivity contribution >= 4 is 46.0 Å². The minimum absolute atomic E-state index is 0.246. The first-order valence-electron chi connectivity index (χ1n) is 6.23. The fourth-order valence-corrected chi connectivity index (χ4v) is 2.44. The quantitative estimate of drug-likeness (QED) is 0.875. The van der Waals surface area contributed by atoms with Crippen LogP contribution in [0.5, 0.6) is 0 Å². The van der Waals surface area contributed by atoms with Crippen LogP contribution in [0.1, 0.15) is 27.2 Å². The van der Waals surface area contributed by atoms with Crippen LogP contribution in [0.3, 0.4) is 0 Å². The number of benzene rings is 1. The highest BCUT2D eigenvalue weighted by Gasteiger charge is 2.16. The fraction of sp³-hybridized carbons (Fsp3) is 0.462. The molecule has 0 bridgehead atoms. The molecular weight excluding hydrogens is 298 g/mol. The zero-order valence-corrected chi connectivity index (χ0v) is 13.1. The second-order valence-electron chi connectivity index (χ2n) is 5.32. The molecule has 20 heavy (non-hydrogen) atoms. The molecule has 108 valence electrons. The lowest BCUT2D eigenvalue weighted by molar-refractivity contribution is -0.154. The van der Waals surface area contributed by atoms with Gasteiger partial charge in [0.2, 0.25) is 0 Å². The Morgan fingerprint density at radius 3 is 2.85 bits per heavy atom. The molecule has 0 atom stereocenters. The fourth-order valence-electron chi connectivity index (χ4n) is 1.68. The van der Waals surface area contributed by atoms with Crippen molar-refractivity contribution in [3.05, 3.63) is 17.2 Å². The largest absolute Gasteiger partial charge is 0.460 e. The Morgan fingerprint density at radius 1 is 1.40 bits per heavy atom. The van der Waals surface area contributed by atoms with Gasteiger partial charge in [-0.3, -0.25) is 4.79 Å². The van der Waals surface area contributed by atoms with E-state index in [0.717, 1.165) is 22.8 Å². The van der Waals surface area contributed by atoms with Gasteiger partial charge >= 0.3 is 5.97 Å². The molecule has 0 saturated carbocycles. The van der Waals surface area contributed by atoms with E-state index >= 15 is 0 Å². The van der Waals surface area contributed by atoms with E-state index in [4.69, 9.17) is 16.3 Å². The van der Waals surface area contributed by atoms with Crippen molar-refractivity contribution in [2.24, 2.45) is 0 Å². The molecule has 0 radical (unpaired) electrons. The zero-order valence-electron chi connectivity index (χ0n) is 11.6. The molecule has 0 fully saturated rings. The third kappa shape index (κ3) is 3.80. The highest BCUT2D eigenvalue weighted by Crippen LogP contribution is 2.29. The van der Waals surface area contributed by atoms with Crippen LogP contribution < -0.4 is 5.32 Å². The van der Waals surface area contributed by atoms with Crippen LogP contribution in [0.15, 0.2) is 12.1 Å². The number of esters is 1. The van der Waals surface area contributed by atoms with Crippen LogP contribution in [0.25, 0.3) is 11.0 Å². The number of nitrogens with one attached hydrogen (secondary N) is 1. The Morgan fingerprint density at radius 2 is 2.15 bits per heavy atom. The second-order valence-corrected chi connectivity index (χ2v) is 6.25. The highest BCUT2D eigenvalue weighted by molar-refractivity contribution is 7.00. The number of hydrogen-bond donors (Lipinski definition) is 1. The number of nitrogens with zero attached hydrogens (tertiary/aromatic N) is 2. The van der Waals surface area contributed by atoms with E-state index in [9.17, 15) is 4.79 Å². The SMILES string of the molecule is CC(C)(C)OC(=O)CCNc1c(Cl)ccc2nsnc12. The summed E-state index contributed by atoms with van der Waals surface area (Å²) in [5.41, 5.74) is 1.76. The number of aromatic nitrogens is 2. The van der Waals surface area contributed by atoms with E-state index < -0.39 is 5.60 Å². The molecule has 0 amide bonds. The van der Waals surface area contributed by atoms with Crippen LogP contribution in [-0.2, 0) is 9.53 Å². The van der Waals surface area contributed by atoms with Crippen molar-refractivity contribution in [2.45, 2.75) is 32.8 Å². The van der Waals surface area contributed by atoms with Crippen molar-refractivity contribution in [3.63, 3.8) is 0 Å². The van der Waals surface area contributed by atoms with Gasteiger partial charge in [0.05, 0.1) is 28.9 Å². The van der Waals surface area contributed by atoms with E-state index in [-0.39, 0.29) is 12.4 Å². The van der Waals surface area contributed by atoms with Gasteiger partial charge in [0.15, 0.2) is 0 Å². The summed E-state index contributed by atoms with van der Waals surface area (Å²) in [6, 6.07) is 3.58. The summed E-state index contributed by atoms with van der Waals surface area (Å²) >= 11 is 7.27. The zero-order chi connectivity index (χ0) is 14.8. The number of carbonyl (C=O) groups is 1. The van der Waals surface area contributed by atoms with Gasteiger partial charge < -0.3 is 10.1 Å². The molecule has 0 spiro atoms. The maximum absolute atomic E-state index is 11.6. The number of carbonyl (C=O) groups excluding carboxylic acids is 1. The van der Waals surface area contributed by atoms with Gasteiger partial charge in [-0.2, -0.15) is 8.75 Å². The molecule has 1 aromatic carbocycles. The smallest absolute Gasteiger partial charge is 0.308 e. The van der Waals surface area contributed by atoms with Crippen LogP contribution in [0.2, 0.25) is 5.02 Å². The Balaban J connectivity index is 1.98. The Labute approximate surface area is 126 Å². The summed E-state index contributed by atoms with van der Waals surface area (Å²) in [7, 11) is 0. The maximum atomic E-state index is 11.6. The molecule has 1 N–H and O–H groups in total. The standard InChI is InChI=1S/C13H16ClN3O2S/c1-13(2,3)19-10(18)6-7-15-11-8(14)4-5-9-12(11)17-20-16-9/h4-5,15H,6-7H2,1-3H3. The van der Waals surface area contributed by atoms with E-state index in [2.05, 4.69) is 14.1 Å². The van der Waals surface area contributed by atoms with E-state index in [1.807, 2.05) is 26.8 Å². The highest BCUT2D eigenvalue weighted by atomic mass is 35.5. The third-order valence-electron chi connectivity index (χ3n) is 2.43. The van der Waals surface area contributed by atoms with Gasteiger partial charge in [0.25, 0.3) is 0 Å². The third-order valence-corrected chi connectivity index (χ3v) is 3.29. The summed E-state index contributed by atoms with van der Waals surface area (Å²) < 4.78 is 13.6. The van der Waals surface area contributed by atoms with Crippen molar-refractivity contribution < 1.29 is 9.53 Å². The van der Waals surface area contributed by atoms with Crippen molar-refractivity contribution in [1.82, 2.24) is 8.75 Å². The van der Waals surface area contributed by atoms with E-state index in [0.29, 0.717) is 17.3 Å². The summed E-state index contributed by atoms with van der Waals surface area (Å²) in [6.07, 6.45) is 0.265. The number of fused-ring (bicyclic) bond motifs is 1. The molecule has 0 aliphatic heterocycles. The van der Waals surface area contributed by atoms with Gasteiger partial charge in [0, 0.05) is 6.54 Å². The predicted molar refractivity (Wildman–Crippen MR) is 81.4 cm³/mol. The molecule has 5 nitrogen and oxygen atoms in total. The molecule has 7 heteroatoms. The first-order chi connectivity index (χ1) is 9.37. The van der Waals surface area contributed by atoms with Gasteiger partial charge in [-0.1, -0.05) is 11.6 Å². The molecule has 0 aliphatic rings. The molecule has 0 aliphatic carbocycles. The predicted octanol–water partition coefficient (Wildman–Crippen LogP) is 3.49. The minimum Gasteiger partial charge on any atom is -0.460 e. The molecule has 2 rings (SSSR count). The first-order valence-corrected chi connectivity index (χ1v) is 7.34. The number of hydrogen-bond acceptors (Lipinski definition) is 6. The molecule has 0 unspecified atom stereocenters. The monoisotopic (exact) mass is 313 g/mol. The summed E-state index contributed by atoms with van der Waals surface area (Å²) in [5, 5.41) is 3.69. The molecular formula is C13H16ClN3O2S. The van der Waals surface area contributed by atoms with Gasteiger partial charge in [0.1, 0.15) is 16.6 Å².